The lowest BCUT2D eigenvalue weighted by Gasteiger charge is -2.45. The third kappa shape index (κ3) is 4.03. The molecule has 0 radical (unpaired) electrons. The molecule has 2 aliphatic rings. The van der Waals surface area contributed by atoms with Crippen molar-refractivity contribution in [1.82, 2.24) is 5.32 Å². The molecular weight excluding hydrogens is 358 g/mol. The van der Waals surface area contributed by atoms with Gasteiger partial charge >= 0.3 is 6.09 Å². The van der Waals surface area contributed by atoms with Gasteiger partial charge in [0.25, 0.3) is 0 Å². The molecule has 1 aromatic rings. The fraction of sp³-hybridized carbons (Fsp3) is 0.579. The Kier molecular flexibility index (Phi) is 5.28. The highest BCUT2D eigenvalue weighted by Crippen LogP contribution is 2.50. The summed E-state index contributed by atoms with van der Waals surface area (Å²) < 4.78 is 33.8. The summed E-state index contributed by atoms with van der Waals surface area (Å²) in [6.45, 7) is 5.34. The van der Waals surface area contributed by atoms with E-state index in [-0.39, 0.29) is 11.7 Å². The first-order valence-electron chi connectivity index (χ1n) is 8.81. The van der Waals surface area contributed by atoms with Crippen molar-refractivity contribution >= 4 is 23.0 Å². The summed E-state index contributed by atoms with van der Waals surface area (Å²) in [6, 6.07) is 6.52. The lowest BCUT2D eigenvalue weighted by atomic mass is 9.69. The smallest absolute Gasteiger partial charge is 0.413 e. The van der Waals surface area contributed by atoms with E-state index in [1.165, 1.54) is 17.8 Å². The second-order valence-corrected chi connectivity index (χ2v) is 8.84. The summed E-state index contributed by atoms with van der Waals surface area (Å²) >= 11 is 1.35. The molecular formula is C19H24F2N2O2S. The third-order valence-electron chi connectivity index (χ3n) is 4.72. The van der Waals surface area contributed by atoms with Crippen molar-refractivity contribution in [3.63, 3.8) is 0 Å². The Morgan fingerprint density at radius 3 is 2.81 bits per heavy atom. The van der Waals surface area contributed by atoms with Crippen LogP contribution in [0.1, 0.15) is 45.6 Å². The maximum Gasteiger partial charge on any atom is 0.413 e. The van der Waals surface area contributed by atoms with Gasteiger partial charge in [0.15, 0.2) is 5.17 Å². The highest BCUT2D eigenvalue weighted by molar-refractivity contribution is 8.13. The number of benzene rings is 1. The van der Waals surface area contributed by atoms with Crippen molar-refractivity contribution in [2.75, 3.05) is 5.75 Å². The summed E-state index contributed by atoms with van der Waals surface area (Å²) in [4.78, 5) is 16.8. The van der Waals surface area contributed by atoms with Crippen molar-refractivity contribution in [2.45, 2.75) is 57.3 Å². The Labute approximate surface area is 156 Å². The number of nitrogens with zero attached hydrogens (tertiary/aromatic N) is 1. The lowest BCUT2D eigenvalue weighted by molar-refractivity contribution is 0.0562. The Hall–Kier alpha value is -1.63. The van der Waals surface area contributed by atoms with Crippen molar-refractivity contribution in [1.29, 1.82) is 0 Å². The van der Waals surface area contributed by atoms with Gasteiger partial charge in [0.1, 0.15) is 17.6 Å². The Morgan fingerprint density at radius 2 is 2.12 bits per heavy atom. The summed E-state index contributed by atoms with van der Waals surface area (Å²) in [5, 5.41) is 3.07. The first kappa shape index (κ1) is 19.1. The van der Waals surface area contributed by atoms with E-state index in [0.717, 1.165) is 0 Å². The number of halogens is 2. The zero-order chi connectivity index (χ0) is 18.9. The summed E-state index contributed by atoms with van der Waals surface area (Å²) in [7, 11) is 0. The number of hydrogen-bond acceptors (Lipinski definition) is 4. The van der Waals surface area contributed by atoms with Crippen LogP contribution in [0.4, 0.5) is 13.6 Å². The van der Waals surface area contributed by atoms with Crippen LogP contribution >= 0.6 is 11.8 Å². The molecule has 142 valence electrons. The van der Waals surface area contributed by atoms with Crippen LogP contribution in [0, 0.1) is 11.7 Å². The van der Waals surface area contributed by atoms with E-state index < -0.39 is 23.4 Å². The molecule has 3 unspecified atom stereocenters. The van der Waals surface area contributed by atoms with E-state index in [1.54, 1.807) is 39.0 Å². The number of amides is 1. The number of nitrogens with one attached hydrogen (secondary N) is 1. The summed E-state index contributed by atoms with van der Waals surface area (Å²) in [5.41, 5.74) is -0.994. The van der Waals surface area contributed by atoms with Crippen LogP contribution in [0.25, 0.3) is 0 Å². The van der Waals surface area contributed by atoms with Gasteiger partial charge in [-0.2, -0.15) is 0 Å². The standard InChI is InChI=1S/C19H24F2N2O2S/c1-18(2,3)25-17(24)22-16-23-19(14-6-4-5-7-15(14)21)9-8-13(20)10-12(19)11-26-16/h4-7,12-13H,8-11H2,1-3H3,(H,22,23,24). The number of hydrogen-bond donors (Lipinski definition) is 1. The Bertz CT molecular complexity index is 720. The lowest BCUT2D eigenvalue weighted by Crippen LogP contribution is -2.47. The number of carbonyl (C=O) groups excluding carboxylic acids is 1. The normalized spacial score (nSPS) is 28.7. The van der Waals surface area contributed by atoms with Crippen LogP contribution in [-0.2, 0) is 10.3 Å². The maximum atomic E-state index is 14.6. The fourth-order valence-electron chi connectivity index (χ4n) is 3.63. The second kappa shape index (κ2) is 7.18. The number of thioether (sulfide) groups is 1. The predicted octanol–water partition coefficient (Wildman–Crippen LogP) is 4.79. The van der Waals surface area contributed by atoms with Gasteiger partial charge in [-0.1, -0.05) is 30.0 Å². The minimum absolute atomic E-state index is 0.114. The van der Waals surface area contributed by atoms with Gasteiger partial charge in [-0.15, -0.1) is 0 Å². The van der Waals surface area contributed by atoms with E-state index in [2.05, 4.69) is 5.32 Å². The van der Waals surface area contributed by atoms with Crippen molar-refractivity contribution in [3.05, 3.63) is 35.6 Å². The van der Waals surface area contributed by atoms with Gasteiger partial charge in [-0.05, 0) is 46.1 Å². The van der Waals surface area contributed by atoms with Gasteiger partial charge in [0.2, 0.25) is 0 Å². The zero-order valence-corrected chi connectivity index (χ0v) is 16.0. The molecule has 1 amide bonds. The molecule has 3 rings (SSSR count). The van der Waals surface area contributed by atoms with Crippen LogP contribution in [0.3, 0.4) is 0 Å². The van der Waals surface area contributed by atoms with Crippen molar-refractivity contribution in [3.8, 4) is 0 Å². The molecule has 7 heteroatoms. The van der Waals surface area contributed by atoms with E-state index in [1.807, 2.05) is 0 Å². The molecule has 3 atom stereocenters. The van der Waals surface area contributed by atoms with E-state index in [4.69, 9.17) is 9.73 Å². The molecule has 0 bridgehead atoms. The van der Waals surface area contributed by atoms with E-state index in [9.17, 15) is 13.6 Å². The molecule has 1 fully saturated rings. The van der Waals surface area contributed by atoms with Gasteiger partial charge in [-0.25, -0.2) is 13.6 Å². The molecule has 26 heavy (non-hydrogen) atoms. The van der Waals surface area contributed by atoms with Gasteiger partial charge < -0.3 is 4.74 Å². The zero-order valence-electron chi connectivity index (χ0n) is 15.2. The molecule has 1 aromatic carbocycles. The molecule has 0 saturated heterocycles. The predicted molar refractivity (Wildman–Crippen MR) is 99.6 cm³/mol. The summed E-state index contributed by atoms with van der Waals surface area (Å²) in [6.07, 6.45) is -0.385. The van der Waals surface area contributed by atoms with Gasteiger partial charge in [0, 0.05) is 17.2 Å². The monoisotopic (exact) mass is 382 g/mol. The minimum Gasteiger partial charge on any atom is -0.444 e. The fourth-order valence-corrected chi connectivity index (χ4v) is 4.78. The van der Waals surface area contributed by atoms with Gasteiger partial charge in [-0.3, -0.25) is 10.3 Å². The van der Waals surface area contributed by atoms with Gasteiger partial charge in [0.05, 0.1) is 5.54 Å². The van der Waals surface area contributed by atoms with Crippen molar-refractivity contribution in [2.24, 2.45) is 10.9 Å². The number of fused-ring (bicyclic) bond motifs is 1. The number of alkyl carbamates (subject to hydrolysis) is 1. The molecule has 1 N–H and O–H groups in total. The largest absolute Gasteiger partial charge is 0.444 e. The van der Waals surface area contributed by atoms with Crippen LogP contribution in [0.15, 0.2) is 29.3 Å². The number of carbonyl (C=O) groups is 1. The first-order valence-corrected chi connectivity index (χ1v) is 9.80. The highest BCUT2D eigenvalue weighted by Gasteiger charge is 2.48. The molecule has 0 aromatic heterocycles. The second-order valence-electron chi connectivity index (χ2n) is 7.83. The minimum atomic E-state index is -0.893. The van der Waals surface area contributed by atoms with Crippen LogP contribution in [-0.4, -0.2) is 28.8 Å². The molecule has 1 aliphatic carbocycles. The average Bonchev–Trinajstić information content (AvgIpc) is 2.53. The molecule has 4 nitrogen and oxygen atoms in total. The van der Waals surface area contributed by atoms with E-state index >= 15 is 0 Å². The highest BCUT2D eigenvalue weighted by atomic mass is 32.2. The summed E-state index contributed by atoms with van der Waals surface area (Å²) in [5.74, 6) is 0.114. The number of rotatable bonds is 1. The van der Waals surface area contributed by atoms with Crippen LogP contribution in [0.5, 0.6) is 0 Å². The topological polar surface area (TPSA) is 50.7 Å². The average molecular weight is 382 g/mol. The van der Waals surface area contributed by atoms with Crippen LogP contribution < -0.4 is 5.32 Å². The molecule has 1 aliphatic heterocycles. The number of aliphatic imine (C=N–C) groups is 1. The van der Waals surface area contributed by atoms with E-state index in [0.29, 0.717) is 35.7 Å². The maximum absolute atomic E-state index is 14.6. The number of alkyl halides is 1. The number of amidine groups is 1. The Balaban J connectivity index is 1.93. The molecule has 0 spiro atoms. The Morgan fingerprint density at radius 1 is 1.38 bits per heavy atom. The van der Waals surface area contributed by atoms with Crippen molar-refractivity contribution < 1.29 is 18.3 Å². The number of ether oxygens (including phenoxy) is 1. The molecule has 1 heterocycles. The molecule has 1 saturated carbocycles. The third-order valence-corrected chi connectivity index (χ3v) is 5.76. The van der Waals surface area contributed by atoms with Crippen LogP contribution in [0.2, 0.25) is 0 Å². The SMILES string of the molecule is CC(C)(C)OC(=O)NC1=NC2(c3ccccc3F)CCC(F)CC2CS1. The first-order chi connectivity index (χ1) is 12.2. The quantitative estimate of drug-likeness (QED) is 0.760.